The Morgan fingerprint density at radius 2 is 0.717 bits per heavy atom. The quantitative estimate of drug-likeness (QED) is 0.146. The maximum Gasteiger partial charge on any atom is 0.0624 e. The van der Waals surface area contributed by atoms with Crippen LogP contribution in [0, 0.1) is 0 Å². The summed E-state index contributed by atoms with van der Waals surface area (Å²) in [5.74, 6) is 0. The summed E-state index contributed by atoms with van der Waals surface area (Å²) in [7, 11) is 0. The van der Waals surface area contributed by atoms with E-state index in [1.54, 1.807) is 0 Å². The lowest BCUT2D eigenvalue weighted by molar-refractivity contribution is 0.660. The first-order valence-electron chi connectivity index (χ1n) is 20.9. The van der Waals surface area contributed by atoms with Crippen LogP contribution in [-0.4, -0.2) is 0 Å². The Kier molecular flexibility index (Phi) is 8.57. The topological polar surface area (TPSA) is 3.24 Å². The van der Waals surface area contributed by atoms with Crippen LogP contribution < -0.4 is 4.90 Å². The largest absolute Gasteiger partial charge is 0.309 e. The fourth-order valence-corrected chi connectivity index (χ4v) is 9.65. The van der Waals surface area contributed by atoms with Gasteiger partial charge in [-0.1, -0.05) is 202 Å². The van der Waals surface area contributed by atoms with Crippen molar-refractivity contribution in [2.75, 3.05) is 4.90 Å². The second kappa shape index (κ2) is 14.4. The van der Waals surface area contributed by atoms with Gasteiger partial charge in [0.15, 0.2) is 0 Å². The zero-order valence-electron chi connectivity index (χ0n) is 33.8. The summed E-state index contributed by atoms with van der Waals surface area (Å²) in [5.41, 5.74) is 18.2. The Bertz CT molecular complexity index is 3200. The van der Waals surface area contributed by atoms with Gasteiger partial charge in [0.05, 0.1) is 5.69 Å². The van der Waals surface area contributed by atoms with Gasteiger partial charge in [-0.05, 0) is 114 Å². The molecule has 0 radical (unpaired) electrons. The van der Waals surface area contributed by atoms with Crippen LogP contribution >= 0.6 is 0 Å². The highest BCUT2D eigenvalue weighted by molar-refractivity contribution is 6.22. The average molecular weight is 766 g/mol. The predicted molar refractivity (Wildman–Crippen MR) is 255 cm³/mol. The minimum atomic E-state index is -0.216. The van der Waals surface area contributed by atoms with Crippen LogP contribution in [0.3, 0.4) is 0 Å². The molecule has 0 saturated heterocycles. The molecule has 0 unspecified atom stereocenters. The van der Waals surface area contributed by atoms with Crippen molar-refractivity contribution in [3.8, 4) is 55.6 Å². The first-order valence-corrected chi connectivity index (χ1v) is 20.9. The average Bonchev–Trinajstić information content (AvgIpc) is 3.54. The highest BCUT2D eigenvalue weighted by Crippen LogP contribution is 2.54. The van der Waals surface area contributed by atoms with E-state index in [2.05, 4.69) is 243 Å². The Balaban J connectivity index is 1.18. The molecule has 1 nitrogen and oxygen atoms in total. The Morgan fingerprint density at radius 3 is 1.35 bits per heavy atom. The van der Waals surface area contributed by atoms with E-state index in [0.717, 1.165) is 11.4 Å². The van der Waals surface area contributed by atoms with Gasteiger partial charge < -0.3 is 4.90 Å². The molecule has 0 aliphatic heterocycles. The lowest BCUT2D eigenvalue weighted by atomic mass is 9.81. The van der Waals surface area contributed by atoms with Crippen molar-refractivity contribution in [1.29, 1.82) is 0 Å². The van der Waals surface area contributed by atoms with Gasteiger partial charge in [0.1, 0.15) is 0 Å². The van der Waals surface area contributed by atoms with E-state index in [9.17, 15) is 0 Å². The number of fused-ring (bicyclic) bond motifs is 6. The molecule has 0 saturated carbocycles. The molecule has 0 amide bonds. The van der Waals surface area contributed by atoms with Crippen LogP contribution in [0.25, 0.3) is 77.2 Å². The Labute approximate surface area is 352 Å². The number of hydrogen-bond acceptors (Lipinski definition) is 1. The molecule has 10 aromatic rings. The van der Waals surface area contributed by atoms with Crippen molar-refractivity contribution in [1.82, 2.24) is 0 Å². The van der Waals surface area contributed by atoms with Crippen LogP contribution in [0.4, 0.5) is 17.1 Å². The van der Waals surface area contributed by atoms with E-state index in [1.165, 1.54) is 94.0 Å². The van der Waals surface area contributed by atoms with Crippen molar-refractivity contribution in [3.05, 3.63) is 236 Å². The summed E-state index contributed by atoms with van der Waals surface area (Å²) in [4.78, 5) is 2.53. The second-order valence-electron chi connectivity index (χ2n) is 16.5. The third kappa shape index (κ3) is 5.93. The first-order chi connectivity index (χ1) is 29.5. The second-order valence-corrected chi connectivity index (χ2v) is 16.5. The molecular formula is C59H43N. The predicted octanol–water partition coefficient (Wildman–Crippen LogP) is 16.4. The molecule has 0 atom stereocenters. The van der Waals surface area contributed by atoms with Gasteiger partial charge in [-0.25, -0.2) is 0 Å². The third-order valence-corrected chi connectivity index (χ3v) is 12.6. The van der Waals surface area contributed by atoms with Crippen molar-refractivity contribution in [3.63, 3.8) is 0 Å². The molecule has 10 aromatic carbocycles. The van der Waals surface area contributed by atoms with Crippen LogP contribution in [-0.2, 0) is 5.41 Å². The lowest BCUT2D eigenvalue weighted by Crippen LogP contribution is -2.17. The maximum absolute atomic E-state index is 2.53. The normalized spacial score (nSPS) is 12.6. The third-order valence-electron chi connectivity index (χ3n) is 12.6. The zero-order chi connectivity index (χ0) is 40.2. The Hall–Kier alpha value is -7.48. The van der Waals surface area contributed by atoms with E-state index in [1.807, 2.05) is 0 Å². The molecule has 0 heterocycles. The summed E-state index contributed by atoms with van der Waals surface area (Å²) in [6, 6.07) is 82.5. The van der Waals surface area contributed by atoms with Crippen LogP contribution in [0.2, 0.25) is 0 Å². The number of nitrogens with zero attached hydrogens (tertiary/aromatic N) is 1. The van der Waals surface area contributed by atoms with Gasteiger partial charge in [0.2, 0.25) is 0 Å². The van der Waals surface area contributed by atoms with E-state index in [0.29, 0.717) is 0 Å². The summed E-state index contributed by atoms with van der Waals surface area (Å²) >= 11 is 0. The molecule has 1 aliphatic carbocycles. The van der Waals surface area contributed by atoms with Gasteiger partial charge in [0, 0.05) is 27.7 Å². The molecule has 0 aromatic heterocycles. The van der Waals surface area contributed by atoms with Crippen molar-refractivity contribution < 1.29 is 0 Å². The van der Waals surface area contributed by atoms with E-state index in [-0.39, 0.29) is 5.41 Å². The fourth-order valence-electron chi connectivity index (χ4n) is 9.65. The minimum Gasteiger partial charge on any atom is -0.309 e. The van der Waals surface area contributed by atoms with Crippen LogP contribution in [0.15, 0.2) is 224 Å². The molecule has 60 heavy (non-hydrogen) atoms. The number of benzene rings is 10. The molecule has 0 spiro atoms. The van der Waals surface area contributed by atoms with E-state index >= 15 is 0 Å². The first kappa shape index (κ1) is 35.7. The standard InChI is InChI=1S/C59H43N/c1-59(2)55-38-45(42-21-10-5-11-22-42)31-35-51(55)52-36-34-48(39-56(52)59)60(47-32-29-43(30-33-47)40-17-6-3-7-18-40)58-54-28-15-13-26-50(54)49-25-12-14-27-53(49)57(58)46-24-16-23-44(37-46)41-19-8-4-9-20-41/h3-39H,1-2H3. The molecule has 0 bridgehead atoms. The van der Waals surface area contributed by atoms with Gasteiger partial charge >= 0.3 is 0 Å². The van der Waals surface area contributed by atoms with Crippen molar-refractivity contribution in [2.45, 2.75) is 19.3 Å². The summed E-state index contributed by atoms with van der Waals surface area (Å²) in [6.07, 6.45) is 0. The van der Waals surface area contributed by atoms with E-state index in [4.69, 9.17) is 0 Å². The highest BCUT2D eigenvalue weighted by Gasteiger charge is 2.37. The molecule has 284 valence electrons. The van der Waals surface area contributed by atoms with Gasteiger partial charge in [-0.3, -0.25) is 0 Å². The van der Waals surface area contributed by atoms with Crippen molar-refractivity contribution in [2.24, 2.45) is 0 Å². The highest BCUT2D eigenvalue weighted by atomic mass is 15.1. The van der Waals surface area contributed by atoms with Crippen LogP contribution in [0.1, 0.15) is 25.0 Å². The molecule has 11 rings (SSSR count). The lowest BCUT2D eigenvalue weighted by Gasteiger charge is -2.32. The molecule has 1 aliphatic rings. The summed E-state index contributed by atoms with van der Waals surface area (Å²) in [6.45, 7) is 4.78. The molecule has 0 fully saturated rings. The van der Waals surface area contributed by atoms with E-state index < -0.39 is 0 Å². The number of anilines is 3. The summed E-state index contributed by atoms with van der Waals surface area (Å²) in [5, 5.41) is 4.92. The zero-order valence-corrected chi connectivity index (χ0v) is 33.8. The fraction of sp³-hybridized carbons (Fsp3) is 0.0508. The number of hydrogen-bond donors (Lipinski definition) is 0. The number of rotatable bonds is 7. The minimum absolute atomic E-state index is 0.216. The maximum atomic E-state index is 2.53. The molecular weight excluding hydrogens is 723 g/mol. The van der Waals surface area contributed by atoms with Crippen molar-refractivity contribution >= 4 is 38.6 Å². The molecule has 0 N–H and O–H groups in total. The van der Waals surface area contributed by atoms with Gasteiger partial charge in [-0.15, -0.1) is 0 Å². The van der Waals surface area contributed by atoms with Gasteiger partial charge in [0.25, 0.3) is 0 Å². The van der Waals surface area contributed by atoms with Gasteiger partial charge in [-0.2, -0.15) is 0 Å². The summed E-state index contributed by atoms with van der Waals surface area (Å²) < 4.78 is 0. The smallest absolute Gasteiger partial charge is 0.0624 e. The van der Waals surface area contributed by atoms with Crippen LogP contribution in [0.5, 0.6) is 0 Å². The molecule has 1 heteroatoms. The Morgan fingerprint density at radius 1 is 0.300 bits per heavy atom. The monoisotopic (exact) mass is 765 g/mol. The SMILES string of the molecule is CC1(C)c2cc(-c3ccccc3)ccc2-c2ccc(N(c3ccc(-c4ccccc4)cc3)c3c(-c4cccc(-c5ccccc5)c4)c4ccccc4c4ccccc34)cc21.